The highest BCUT2D eigenvalue weighted by Gasteiger charge is 2.15. The van der Waals surface area contributed by atoms with Crippen LogP contribution in [0.15, 0.2) is 20.9 Å². The van der Waals surface area contributed by atoms with Crippen LogP contribution in [0.4, 0.5) is 0 Å². The summed E-state index contributed by atoms with van der Waals surface area (Å²) < 4.78 is 3.88. The zero-order valence-electron chi connectivity index (χ0n) is 13.1. The molecule has 2 rings (SSSR count). The van der Waals surface area contributed by atoms with Crippen molar-refractivity contribution in [3.05, 3.63) is 27.2 Å². The molecular weight excluding hydrogens is 288 g/mol. The summed E-state index contributed by atoms with van der Waals surface area (Å²) in [7, 11) is 6.64. The molecule has 0 aliphatic rings. The average Bonchev–Trinajstić information content (AvgIpc) is 2.86. The Bertz CT molecular complexity index is 814. The molecule has 22 heavy (non-hydrogen) atoms. The average molecular weight is 308 g/mol. The normalized spacial score (nSPS) is 13.1. The van der Waals surface area contributed by atoms with Crippen LogP contribution in [-0.2, 0) is 20.6 Å². The first-order valence-electron chi connectivity index (χ1n) is 6.78. The maximum absolute atomic E-state index is 12.2. The maximum Gasteiger partial charge on any atom is 0.332 e. The molecule has 0 amide bonds. The summed E-state index contributed by atoms with van der Waals surface area (Å²) in [5.41, 5.74) is -0.268. The van der Waals surface area contributed by atoms with Crippen LogP contribution in [-0.4, -0.2) is 61.8 Å². The molecule has 1 atom stereocenters. The summed E-state index contributed by atoms with van der Waals surface area (Å²) in [5.74, 6) is 0. The third kappa shape index (κ3) is 2.93. The smallest absolute Gasteiger partial charge is 0.332 e. The fourth-order valence-corrected chi connectivity index (χ4v) is 2.15. The molecule has 2 aromatic heterocycles. The second kappa shape index (κ2) is 6.14. The molecule has 9 heteroatoms. The van der Waals surface area contributed by atoms with Gasteiger partial charge in [0.05, 0.1) is 31.9 Å². The number of fused-ring (bicyclic) bond motifs is 1. The van der Waals surface area contributed by atoms with E-state index in [1.54, 1.807) is 22.9 Å². The van der Waals surface area contributed by atoms with Crippen molar-refractivity contribution in [2.45, 2.75) is 12.6 Å². The van der Waals surface area contributed by atoms with E-state index in [4.69, 9.17) is 0 Å². The van der Waals surface area contributed by atoms with Gasteiger partial charge in [-0.05, 0) is 0 Å². The Labute approximate surface area is 126 Å². The molecule has 1 N–H and O–H groups in total. The van der Waals surface area contributed by atoms with E-state index in [0.717, 1.165) is 4.57 Å². The molecule has 2 heterocycles. The Hall–Kier alpha value is -2.42. The predicted octanol–water partition coefficient (Wildman–Crippen LogP) is -1.62. The Morgan fingerprint density at radius 3 is 2.68 bits per heavy atom. The predicted molar refractivity (Wildman–Crippen MR) is 83.3 cm³/mol. The Balaban J connectivity index is 2.34. The quantitative estimate of drug-likeness (QED) is 0.529. The molecule has 0 aromatic carbocycles. The zero-order chi connectivity index (χ0) is 16.4. The zero-order valence-corrected chi connectivity index (χ0v) is 13.1. The molecule has 2 aromatic rings. The van der Waals surface area contributed by atoms with E-state index >= 15 is 0 Å². The molecule has 0 radical (unpaired) electrons. The lowest BCUT2D eigenvalue weighted by molar-refractivity contribution is 0.164. The minimum Gasteiger partial charge on any atom is -0.389 e. The number of rotatable bonds is 5. The van der Waals surface area contributed by atoms with Gasteiger partial charge in [0.15, 0.2) is 11.2 Å². The highest BCUT2D eigenvalue weighted by atomic mass is 16.3. The SMILES string of the molecule is CN(C)C=NCC(O)Cn1cnc2c1c(=O)n(C)c(=O)n2C. The van der Waals surface area contributed by atoms with Gasteiger partial charge in [0, 0.05) is 28.2 Å². The van der Waals surface area contributed by atoms with Crippen molar-refractivity contribution in [3.63, 3.8) is 0 Å². The van der Waals surface area contributed by atoms with Crippen LogP contribution < -0.4 is 11.2 Å². The standard InChI is InChI=1S/C13H20N6O3/c1-16(2)7-14-5-9(20)6-19-8-15-11-10(19)12(21)18(4)13(22)17(11)3/h7-9,20H,5-6H2,1-4H3. The Morgan fingerprint density at radius 2 is 2.05 bits per heavy atom. The molecule has 0 aliphatic carbocycles. The Morgan fingerprint density at radius 1 is 1.36 bits per heavy atom. The van der Waals surface area contributed by atoms with Crippen molar-refractivity contribution in [2.75, 3.05) is 20.6 Å². The van der Waals surface area contributed by atoms with Crippen LogP contribution in [0.2, 0.25) is 0 Å². The number of aliphatic hydroxyl groups excluding tert-OH is 1. The van der Waals surface area contributed by atoms with Gasteiger partial charge in [0.25, 0.3) is 5.56 Å². The first-order chi connectivity index (χ1) is 10.3. The third-order valence-corrected chi connectivity index (χ3v) is 3.25. The largest absolute Gasteiger partial charge is 0.389 e. The summed E-state index contributed by atoms with van der Waals surface area (Å²) in [5, 5.41) is 10.0. The van der Waals surface area contributed by atoms with Gasteiger partial charge < -0.3 is 14.6 Å². The number of hydrogen-bond acceptors (Lipinski definition) is 5. The number of hydrogen-bond donors (Lipinski definition) is 1. The van der Waals surface area contributed by atoms with E-state index < -0.39 is 17.4 Å². The highest BCUT2D eigenvalue weighted by Crippen LogP contribution is 2.06. The fraction of sp³-hybridized carbons (Fsp3) is 0.538. The van der Waals surface area contributed by atoms with Gasteiger partial charge in [0.2, 0.25) is 0 Å². The minimum absolute atomic E-state index is 0.175. The number of aliphatic imine (C=N–C) groups is 1. The van der Waals surface area contributed by atoms with Crippen LogP contribution in [0, 0.1) is 0 Å². The number of aliphatic hydroxyl groups is 1. The summed E-state index contributed by atoms with van der Waals surface area (Å²) >= 11 is 0. The second-order valence-electron chi connectivity index (χ2n) is 5.37. The number of aromatic nitrogens is 4. The van der Waals surface area contributed by atoms with Gasteiger partial charge in [0.1, 0.15) is 0 Å². The lowest BCUT2D eigenvalue weighted by Gasteiger charge is -2.11. The van der Waals surface area contributed by atoms with E-state index in [2.05, 4.69) is 9.98 Å². The summed E-state index contributed by atoms with van der Waals surface area (Å²) in [6.07, 6.45) is 2.30. The highest BCUT2D eigenvalue weighted by molar-refractivity contribution is 5.69. The first-order valence-corrected chi connectivity index (χ1v) is 6.78. The molecule has 120 valence electrons. The molecule has 9 nitrogen and oxygen atoms in total. The Kier molecular flexibility index (Phi) is 4.45. The third-order valence-electron chi connectivity index (χ3n) is 3.25. The molecule has 0 aliphatic heterocycles. The van der Waals surface area contributed by atoms with Crippen molar-refractivity contribution in [1.29, 1.82) is 0 Å². The van der Waals surface area contributed by atoms with Crippen molar-refractivity contribution in [2.24, 2.45) is 19.1 Å². The van der Waals surface area contributed by atoms with Gasteiger partial charge in [-0.3, -0.25) is 18.9 Å². The van der Waals surface area contributed by atoms with Gasteiger partial charge in [-0.15, -0.1) is 0 Å². The van der Waals surface area contributed by atoms with Gasteiger partial charge in [-0.2, -0.15) is 0 Å². The van der Waals surface area contributed by atoms with Crippen molar-refractivity contribution in [3.8, 4) is 0 Å². The topological polar surface area (TPSA) is 97.7 Å². The van der Waals surface area contributed by atoms with E-state index in [1.807, 2.05) is 14.1 Å². The molecule has 0 saturated carbocycles. The lowest BCUT2D eigenvalue weighted by atomic mass is 10.3. The monoisotopic (exact) mass is 308 g/mol. The number of nitrogens with zero attached hydrogens (tertiary/aromatic N) is 6. The molecule has 0 saturated heterocycles. The van der Waals surface area contributed by atoms with E-state index in [-0.39, 0.29) is 13.1 Å². The molecule has 1 unspecified atom stereocenters. The van der Waals surface area contributed by atoms with Crippen LogP contribution >= 0.6 is 0 Å². The first kappa shape index (κ1) is 16.0. The van der Waals surface area contributed by atoms with Crippen molar-refractivity contribution >= 4 is 17.5 Å². The fourth-order valence-electron chi connectivity index (χ4n) is 2.15. The molecule has 0 bridgehead atoms. The van der Waals surface area contributed by atoms with Crippen LogP contribution in [0.3, 0.4) is 0 Å². The molecular formula is C13H20N6O3. The van der Waals surface area contributed by atoms with Crippen LogP contribution in [0.25, 0.3) is 11.2 Å². The number of aryl methyl sites for hydroxylation is 1. The lowest BCUT2D eigenvalue weighted by Crippen LogP contribution is -2.38. The van der Waals surface area contributed by atoms with Gasteiger partial charge >= 0.3 is 5.69 Å². The molecule has 0 spiro atoms. The van der Waals surface area contributed by atoms with E-state index in [9.17, 15) is 14.7 Å². The van der Waals surface area contributed by atoms with Crippen molar-refractivity contribution < 1.29 is 5.11 Å². The minimum atomic E-state index is -0.754. The van der Waals surface area contributed by atoms with Gasteiger partial charge in [-0.25, -0.2) is 9.78 Å². The number of imidazole rings is 1. The van der Waals surface area contributed by atoms with Crippen LogP contribution in [0.5, 0.6) is 0 Å². The van der Waals surface area contributed by atoms with Gasteiger partial charge in [-0.1, -0.05) is 0 Å². The van der Waals surface area contributed by atoms with E-state index in [1.165, 1.54) is 17.9 Å². The van der Waals surface area contributed by atoms with Crippen LogP contribution in [0.1, 0.15) is 0 Å². The van der Waals surface area contributed by atoms with Crippen molar-refractivity contribution in [1.82, 2.24) is 23.6 Å². The van der Waals surface area contributed by atoms with E-state index in [0.29, 0.717) is 11.2 Å². The second-order valence-corrected chi connectivity index (χ2v) is 5.37. The summed E-state index contributed by atoms with van der Waals surface area (Å²) in [6, 6.07) is 0. The maximum atomic E-state index is 12.2. The molecule has 0 fully saturated rings. The summed E-state index contributed by atoms with van der Waals surface area (Å²) in [4.78, 5) is 34.0. The summed E-state index contributed by atoms with van der Waals surface area (Å²) in [6.45, 7) is 0.388.